The van der Waals surface area contributed by atoms with Gasteiger partial charge in [0.15, 0.2) is 6.10 Å². The molecule has 328 valence electrons. The molecule has 0 aromatic carbocycles. The highest BCUT2D eigenvalue weighted by molar-refractivity contribution is 7.47. The lowest BCUT2D eigenvalue weighted by atomic mass is 10.0. The van der Waals surface area contributed by atoms with Crippen LogP contribution in [0.25, 0.3) is 0 Å². The second-order valence-electron chi connectivity index (χ2n) is 15.1. The van der Waals surface area contributed by atoms with Gasteiger partial charge in [0.05, 0.1) is 19.3 Å². The number of ether oxygens (including phenoxy) is 2. The lowest BCUT2D eigenvalue weighted by Gasteiger charge is -2.20. The molecule has 0 rings (SSSR count). The predicted molar refractivity (Wildman–Crippen MR) is 230 cm³/mol. The number of esters is 2. The average molecular weight is 814 g/mol. The van der Waals surface area contributed by atoms with Gasteiger partial charge in [-0.2, -0.15) is 0 Å². The summed E-state index contributed by atoms with van der Waals surface area (Å²) in [5.74, 6) is -1.02. The average Bonchev–Trinajstić information content (AvgIpc) is 3.18. The van der Waals surface area contributed by atoms with Gasteiger partial charge >= 0.3 is 19.8 Å². The molecule has 0 aliphatic heterocycles. The first-order valence-electron chi connectivity index (χ1n) is 22.6. The highest BCUT2D eigenvalue weighted by Gasteiger charge is 2.26. The topological polar surface area (TPSA) is 155 Å². The number of hydrogen-bond acceptors (Lipinski definition) is 9. The molecule has 0 saturated carbocycles. The number of phosphoric ester groups is 1. The molecule has 0 aliphatic carbocycles. The highest BCUT2D eigenvalue weighted by Crippen LogP contribution is 2.43. The Balaban J connectivity index is 4.29. The Kier molecular flexibility index (Phi) is 40.0. The molecule has 0 radical (unpaired) electrons. The highest BCUT2D eigenvalue weighted by atomic mass is 31.2. The SMILES string of the molecule is CCCCCCCC/C=C/C/C=C/C=C/C(O)CCCC(=O)O[C@H](COC(=O)CCCCCCCCCCCCCCCCCCC)COP(=O)(O)OCCN. The smallest absolute Gasteiger partial charge is 0.462 e. The van der Waals surface area contributed by atoms with Crippen molar-refractivity contribution in [3.63, 3.8) is 0 Å². The molecule has 0 aliphatic rings. The van der Waals surface area contributed by atoms with Crippen LogP contribution in [0.3, 0.4) is 0 Å². The Hall–Kier alpha value is -1.81. The van der Waals surface area contributed by atoms with Crippen LogP contribution < -0.4 is 5.73 Å². The van der Waals surface area contributed by atoms with E-state index in [2.05, 4.69) is 26.0 Å². The lowest BCUT2D eigenvalue weighted by Crippen LogP contribution is -2.29. The molecule has 3 atom stereocenters. The van der Waals surface area contributed by atoms with Crippen molar-refractivity contribution in [2.75, 3.05) is 26.4 Å². The minimum atomic E-state index is -4.43. The van der Waals surface area contributed by atoms with E-state index in [1.54, 1.807) is 12.2 Å². The first-order valence-corrected chi connectivity index (χ1v) is 24.1. The van der Waals surface area contributed by atoms with Gasteiger partial charge in [-0.1, -0.05) is 185 Å². The molecule has 0 spiro atoms. The number of aliphatic hydroxyl groups excluding tert-OH is 1. The van der Waals surface area contributed by atoms with E-state index in [1.165, 1.54) is 122 Å². The Labute approximate surface area is 342 Å². The summed E-state index contributed by atoms with van der Waals surface area (Å²) in [6.45, 7) is 3.52. The summed E-state index contributed by atoms with van der Waals surface area (Å²) in [4.78, 5) is 34.9. The summed E-state index contributed by atoms with van der Waals surface area (Å²) in [5, 5.41) is 10.3. The van der Waals surface area contributed by atoms with Gasteiger partial charge < -0.3 is 25.2 Å². The van der Waals surface area contributed by atoms with Gasteiger partial charge in [0.2, 0.25) is 0 Å². The van der Waals surface area contributed by atoms with Gasteiger partial charge in [-0.15, -0.1) is 0 Å². The zero-order chi connectivity index (χ0) is 41.2. The second-order valence-corrected chi connectivity index (χ2v) is 16.6. The lowest BCUT2D eigenvalue weighted by molar-refractivity contribution is -0.161. The summed E-state index contributed by atoms with van der Waals surface area (Å²) < 4.78 is 32.7. The number of aliphatic hydroxyl groups is 1. The summed E-state index contributed by atoms with van der Waals surface area (Å²) in [6.07, 6.45) is 42.1. The maximum atomic E-state index is 12.6. The van der Waals surface area contributed by atoms with Crippen molar-refractivity contribution in [1.29, 1.82) is 0 Å². The molecule has 11 heteroatoms. The van der Waals surface area contributed by atoms with Crippen LogP contribution in [0.1, 0.15) is 200 Å². The fourth-order valence-electron chi connectivity index (χ4n) is 6.23. The van der Waals surface area contributed by atoms with Crippen LogP contribution in [0.5, 0.6) is 0 Å². The van der Waals surface area contributed by atoms with E-state index in [9.17, 15) is 24.2 Å². The van der Waals surface area contributed by atoms with Crippen molar-refractivity contribution in [1.82, 2.24) is 0 Å². The minimum Gasteiger partial charge on any atom is -0.462 e. The van der Waals surface area contributed by atoms with Crippen LogP contribution in [-0.4, -0.2) is 60.5 Å². The molecule has 2 unspecified atom stereocenters. The molecular formula is C45H84NO9P. The van der Waals surface area contributed by atoms with Crippen molar-refractivity contribution in [3.8, 4) is 0 Å². The molecule has 10 nitrogen and oxygen atoms in total. The van der Waals surface area contributed by atoms with E-state index >= 15 is 0 Å². The van der Waals surface area contributed by atoms with Crippen molar-refractivity contribution in [2.24, 2.45) is 5.73 Å². The number of rotatable bonds is 42. The Morgan fingerprint density at radius 1 is 0.625 bits per heavy atom. The number of hydrogen-bond donors (Lipinski definition) is 3. The Morgan fingerprint density at radius 2 is 1.14 bits per heavy atom. The van der Waals surface area contributed by atoms with E-state index in [4.69, 9.17) is 24.3 Å². The van der Waals surface area contributed by atoms with Gasteiger partial charge in [-0.25, -0.2) is 4.57 Å². The molecular weight excluding hydrogens is 729 g/mol. The monoisotopic (exact) mass is 814 g/mol. The summed E-state index contributed by atoms with van der Waals surface area (Å²) in [7, 11) is -4.43. The maximum absolute atomic E-state index is 12.6. The normalized spacial score (nSPS) is 14.2. The molecule has 56 heavy (non-hydrogen) atoms. The van der Waals surface area contributed by atoms with Gasteiger partial charge in [0, 0.05) is 19.4 Å². The van der Waals surface area contributed by atoms with E-state index in [0.29, 0.717) is 19.3 Å². The van der Waals surface area contributed by atoms with Crippen molar-refractivity contribution >= 4 is 19.8 Å². The number of carbonyl (C=O) groups excluding carboxylic acids is 2. The molecule has 0 aromatic heterocycles. The van der Waals surface area contributed by atoms with Crippen molar-refractivity contribution in [3.05, 3.63) is 36.5 Å². The van der Waals surface area contributed by atoms with E-state index < -0.39 is 38.6 Å². The number of allylic oxidation sites excluding steroid dienone is 5. The first-order chi connectivity index (χ1) is 27.2. The minimum absolute atomic E-state index is 0.00823. The molecule has 4 N–H and O–H groups in total. The zero-order valence-electron chi connectivity index (χ0n) is 35.7. The van der Waals surface area contributed by atoms with Crippen LogP contribution in [-0.2, 0) is 32.7 Å². The Morgan fingerprint density at radius 3 is 1.70 bits per heavy atom. The quantitative estimate of drug-likeness (QED) is 0.0178. The Bertz CT molecular complexity index is 1040. The zero-order valence-corrected chi connectivity index (χ0v) is 36.6. The van der Waals surface area contributed by atoms with Crippen LogP contribution in [0, 0.1) is 0 Å². The first kappa shape index (κ1) is 54.2. The van der Waals surface area contributed by atoms with E-state index in [-0.39, 0.29) is 32.6 Å². The summed E-state index contributed by atoms with van der Waals surface area (Å²) in [6, 6.07) is 0. The molecule has 0 saturated heterocycles. The third kappa shape index (κ3) is 40.4. The maximum Gasteiger partial charge on any atom is 0.472 e. The van der Waals surface area contributed by atoms with Gasteiger partial charge in [-0.05, 0) is 38.5 Å². The largest absolute Gasteiger partial charge is 0.472 e. The van der Waals surface area contributed by atoms with Crippen LogP contribution in [0.2, 0.25) is 0 Å². The second kappa shape index (κ2) is 41.4. The fraction of sp³-hybridized carbons (Fsp3) is 0.822. The van der Waals surface area contributed by atoms with E-state index in [0.717, 1.165) is 32.1 Å². The van der Waals surface area contributed by atoms with Crippen LogP contribution in [0.4, 0.5) is 0 Å². The van der Waals surface area contributed by atoms with Gasteiger partial charge in [-0.3, -0.25) is 18.6 Å². The van der Waals surface area contributed by atoms with Gasteiger partial charge in [0.1, 0.15) is 6.61 Å². The third-order valence-corrected chi connectivity index (χ3v) is 10.6. The number of carbonyl (C=O) groups is 2. The molecule has 0 aromatic rings. The molecule has 0 heterocycles. The predicted octanol–water partition coefficient (Wildman–Crippen LogP) is 11.9. The summed E-state index contributed by atoms with van der Waals surface area (Å²) >= 11 is 0. The van der Waals surface area contributed by atoms with Crippen LogP contribution in [0.15, 0.2) is 36.5 Å². The number of phosphoric acid groups is 1. The fourth-order valence-corrected chi connectivity index (χ4v) is 7.00. The van der Waals surface area contributed by atoms with Gasteiger partial charge in [0.25, 0.3) is 0 Å². The standard InChI is InChI=1S/C45H84NO9P/c1-3-5-7-9-11-13-15-17-18-19-20-22-24-26-28-30-32-36-44(48)52-40-43(41-54-56(50,51)53-39-38-46)55-45(49)37-33-35-42(47)34-31-29-27-25-23-21-16-14-12-10-8-6-4-2/h21,23,27,29,31,34,42-43,47H,3-20,22,24-26,28,30,32-33,35-41,46H2,1-2H3,(H,50,51)/b23-21+,29-27+,34-31+/t42?,43-/m1/s1. The third-order valence-electron chi connectivity index (χ3n) is 9.63. The molecule has 0 fully saturated rings. The number of nitrogens with two attached hydrogens (primary N) is 1. The molecule has 0 bridgehead atoms. The summed E-state index contributed by atoms with van der Waals surface area (Å²) in [5.41, 5.74) is 5.34. The van der Waals surface area contributed by atoms with Crippen LogP contribution >= 0.6 is 7.82 Å². The number of unbranched alkanes of at least 4 members (excludes halogenated alkanes) is 22. The van der Waals surface area contributed by atoms with E-state index in [1.807, 2.05) is 12.2 Å². The van der Waals surface area contributed by atoms with Crippen molar-refractivity contribution in [2.45, 2.75) is 212 Å². The molecule has 0 amide bonds. The van der Waals surface area contributed by atoms with Crippen molar-refractivity contribution < 1.29 is 42.7 Å².